The number of benzene rings is 1. The molecule has 2 heteroatoms. The molecule has 0 aliphatic rings. The summed E-state index contributed by atoms with van der Waals surface area (Å²) in [7, 11) is 0. The number of hydrogen-bond donors (Lipinski definition) is 1. The summed E-state index contributed by atoms with van der Waals surface area (Å²) in [5, 5.41) is 3.61. The molecule has 0 aliphatic heterocycles. The van der Waals surface area contributed by atoms with E-state index in [4.69, 9.17) is 0 Å². The molecule has 0 heterocycles. The SMILES string of the molecule is CCCC(CCC)C(NCC)c1ccc(F)cc1C. The molecular formula is C17H28FN. The molecule has 1 N–H and O–H groups in total. The Morgan fingerprint density at radius 2 is 1.74 bits per heavy atom. The average molecular weight is 265 g/mol. The van der Waals surface area contributed by atoms with Crippen molar-refractivity contribution in [3.63, 3.8) is 0 Å². The molecule has 0 amide bonds. The highest BCUT2D eigenvalue weighted by atomic mass is 19.1. The second kappa shape index (κ2) is 8.31. The Bertz CT molecular complexity index is 370. The van der Waals surface area contributed by atoms with Gasteiger partial charge in [0, 0.05) is 6.04 Å². The van der Waals surface area contributed by atoms with Crippen LogP contribution in [0.2, 0.25) is 0 Å². The maximum Gasteiger partial charge on any atom is 0.123 e. The van der Waals surface area contributed by atoms with Gasteiger partial charge < -0.3 is 5.32 Å². The Balaban J connectivity index is 3.02. The Hall–Kier alpha value is -0.890. The lowest BCUT2D eigenvalue weighted by atomic mass is 9.84. The zero-order valence-corrected chi connectivity index (χ0v) is 12.8. The van der Waals surface area contributed by atoms with Crippen molar-refractivity contribution in [1.29, 1.82) is 0 Å². The molecule has 108 valence electrons. The van der Waals surface area contributed by atoms with Gasteiger partial charge in [-0.15, -0.1) is 0 Å². The summed E-state index contributed by atoms with van der Waals surface area (Å²) in [6.45, 7) is 9.58. The lowest BCUT2D eigenvalue weighted by molar-refractivity contribution is 0.319. The molecule has 0 aromatic heterocycles. The van der Waals surface area contributed by atoms with E-state index in [9.17, 15) is 4.39 Å². The van der Waals surface area contributed by atoms with E-state index in [0.717, 1.165) is 12.1 Å². The van der Waals surface area contributed by atoms with E-state index in [1.165, 1.54) is 31.2 Å². The van der Waals surface area contributed by atoms with Gasteiger partial charge in [-0.1, -0.05) is 39.7 Å². The number of halogens is 1. The van der Waals surface area contributed by atoms with Crippen LogP contribution in [0.1, 0.15) is 63.6 Å². The summed E-state index contributed by atoms with van der Waals surface area (Å²) in [5.74, 6) is 0.498. The van der Waals surface area contributed by atoms with Crippen LogP contribution in [-0.2, 0) is 0 Å². The summed E-state index contributed by atoms with van der Waals surface area (Å²) in [4.78, 5) is 0. The van der Waals surface area contributed by atoms with Crippen LogP contribution in [0.3, 0.4) is 0 Å². The minimum absolute atomic E-state index is 0.140. The van der Waals surface area contributed by atoms with E-state index in [0.29, 0.717) is 12.0 Å². The summed E-state index contributed by atoms with van der Waals surface area (Å²) in [6.07, 6.45) is 4.85. The molecule has 1 atom stereocenters. The molecule has 0 radical (unpaired) electrons. The molecule has 1 aromatic carbocycles. The lowest BCUT2D eigenvalue weighted by Crippen LogP contribution is -2.29. The predicted octanol–water partition coefficient (Wildman–Crippen LogP) is 5.00. The highest BCUT2D eigenvalue weighted by molar-refractivity contribution is 5.30. The standard InChI is InChI=1S/C17H28FN/c1-5-8-14(9-6-2)17(19-7-3)16-11-10-15(18)12-13(16)4/h10-12,14,17,19H,5-9H2,1-4H3. The maximum atomic E-state index is 13.3. The van der Waals surface area contributed by atoms with Crippen molar-refractivity contribution in [1.82, 2.24) is 5.32 Å². The van der Waals surface area contributed by atoms with E-state index in [-0.39, 0.29) is 5.82 Å². The number of nitrogens with one attached hydrogen (secondary N) is 1. The van der Waals surface area contributed by atoms with Gasteiger partial charge in [-0.25, -0.2) is 4.39 Å². The van der Waals surface area contributed by atoms with Gasteiger partial charge in [0.15, 0.2) is 0 Å². The van der Waals surface area contributed by atoms with E-state index < -0.39 is 0 Å². The topological polar surface area (TPSA) is 12.0 Å². The number of rotatable bonds is 8. The summed E-state index contributed by atoms with van der Waals surface area (Å²) >= 11 is 0. The van der Waals surface area contributed by atoms with Crippen LogP contribution < -0.4 is 5.32 Å². The summed E-state index contributed by atoms with van der Waals surface area (Å²) < 4.78 is 13.3. The third-order valence-electron chi connectivity index (χ3n) is 3.78. The monoisotopic (exact) mass is 265 g/mol. The molecule has 0 saturated heterocycles. The lowest BCUT2D eigenvalue weighted by Gasteiger charge is -2.29. The Labute approximate surface area is 117 Å². The zero-order valence-electron chi connectivity index (χ0n) is 12.8. The van der Waals surface area contributed by atoms with E-state index in [2.05, 4.69) is 26.1 Å². The van der Waals surface area contributed by atoms with Gasteiger partial charge in [0.1, 0.15) is 5.82 Å². The minimum Gasteiger partial charge on any atom is -0.310 e. The van der Waals surface area contributed by atoms with Crippen LogP contribution in [0.25, 0.3) is 0 Å². The second-order valence-electron chi connectivity index (χ2n) is 5.37. The Morgan fingerprint density at radius 3 is 2.21 bits per heavy atom. The smallest absolute Gasteiger partial charge is 0.123 e. The van der Waals surface area contributed by atoms with Crippen molar-refractivity contribution in [2.24, 2.45) is 5.92 Å². The van der Waals surface area contributed by atoms with Gasteiger partial charge >= 0.3 is 0 Å². The van der Waals surface area contributed by atoms with E-state index in [1.54, 1.807) is 12.1 Å². The third kappa shape index (κ3) is 4.61. The normalized spacial score (nSPS) is 12.9. The average Bonchev–Trinajstić information content (AvgIpc) is 2.37. The minimum atomic E-state index is -0.140. The first kappa shape index (κ1) is 16.2. The van der Waals surface area contributed by atoms with Crippen molar-refractivity contribution in [2.45, 2.75) is 59.4 Å². The fourth-order valence-corrected chi connectivity index (χ4v) is 2.96. The van der Waals surface area contributed by atoms with E-state index >= 15 is 0 Å². The fraction of sp³-hybridized carbons (Fsp3) is 0.647. The highest BCUT2D eigenvalue weighted by Crippen LogP contribution is 2.31. The summed E-state index contributed by atoms with van der Waals surface area (Å²) in [6, 6.07) is 5.54. The van der Waals surface area contributed by atoms with Gasteiger partial charge in [0.2, 0.25) is 0 Å². The Kier molecular flexibility index (Phi) is 7.07. The van der Waals surface area contributed by atoms with Crippen molar-refractivity contribution in [2.75, 3.05) is 6.54 Å². The van der Waals surface area contributed by atoms with Crippen LogP contribution in [-0.4, -0.2) is 6.54 Å². The third-order valence-corrected chi connectivity index (χ3v) is 3.78. The molecule has 0 aliphatic carbocycles. The maximum absolute atomic E-state index is 13.3. The predicted molar refractivity (Wildman–Crippen MR) is 80.9 cm³/mol. The van der Waals surface area contributed by atoms with Crippen LogP contribution >= 0.6 is 0 Å². The first-order valence-electron chi connectivity index (χ1n) is 7.63. The van der Waals surface area contributed by atoms with Gasteiger partial charge in [-0.05, 0) is 55.5 Å². The second-order valence-corrected chi connectivity index (χ2v) is 5.37. The van der Waals surface area contributed by atoms with Gasteiger partial charge in [-0.3, -0.25) is 0 Å². The quantitative estimate of drug-likeness (QED) is 0.697. The van der Waals surface area contributed by atoms with Crippen LogP contribution in [0, 0.1) is 18.7 Å². The van der Waals surface area contributed by atoms with E-state index in [1.807, 2.05) is 13.0 Å². The first-order chi connectivity index (χ1) is 9.13. The fourth-order valence-electron chi connectivity index (χ4n) is 2.96. The number of aryl methyl sites for hydroxylation is 1. The van der Waals surface area contributed by atoms with Crippen molar-refractivity contribution in [3.8, 4) is 0 Å². The van der Waals surface area contributed by atoms with Gasteiger partial charge in [0.05, 0.1) is 0 Å². The largest absolute Gasteiger partial charge is 0.310 e. The van der Waals surface area contributed by atoms with Crippen LogP contribution in [0.15, 0.2) is 18.2 Å². The zero-order chi connectivity index (χ0) is 14.3. The van der Waals surface area contributed by atoms with Crippen molar-refractivity contribution in [3.05, 3.63) is 35.1 Å². The first-order valence-corrected chi connectivity index (χ1v) is 7.63. The van der Waals surface area contributed by atoms with Gasteiger partial charge in [-0.2, -0.15) is 0 Å². The highest BCUT2D eigenvalue weighted by Gasteiger charge is 2.22. The Morgan fingerprint density at radius 1 is 1.11 bits per heavy atom. The van der Waals surface area contributed by atoms with Crippen LogP contribution in [0.4, 0.5) is 4.39 Å². The molecule has 0 fully saturated rings. The summed E-state index contributed by atoms with van der Waals surface area (Å²) in [5.41, 5.74) is 2.32. The van der Waals surface area contributed by atoms with Crippen molar-refractivity contribution >= 4 is 0 Å². The molecule has 0 spiro atoms. The molecule has 1 nitrogen and oxygen atoms in total. The molecular weight excluding hydrogens is 237 g/mol. The molecule has 1 unspecified atom stereocenters. The van der Waals surface area contributed by atoms with Gasteiger partial charge in [0.25, 0.3) is 0 Å². The molecule has 1 rings (SSSR count). The van der Waals surface area contributed by atoms with Crippen LogP contribution in [0.5, 0.6) is 0 Å². The molecule has 0 bridgehead atoms. The molecule has 19 heavy (non-hydrogen) atoms. The molecule has 0 saturated carbocycles. The van der Waals surface area contributed by atoms with Crippen molar-refractivity contribution < 1.29 is 4.39 Å². The molecule has 1 aromatic rings. The number of hydrogen-bond acceptors (Lipinski definition) is 1.